The van der Waals surface area contributed by atoms with Crippen LogP contribution in [0.25, 0.3) is 0 Å². The minimum atomic E-state index is -0.107. The zero-order valence-electron chi connectivity index (χ0n) is 13.0. The van der Waals surface area contributed by atoms with Crippen molar-refractivity contribution in [2.75, 3.05) is 13.6 Å². The molecule has 2 amide bonds. The van der Waals surface area contributed by atoms with Crippen LogP contribution >= 0.6 is 11.6 Å². The van der Waals surface area contributed by atoms with Gasteiger partial charge in [0.05, 0.1) is 6.54 Å². The zero-order valence-corrected chi connectivity index (χ0v) is 13.7. The molecule has 1 aliphatic rings. The minimum Gasteiger partial charge on any atom is -0.347 e. The maximum atomic E-state index is 12.1. The lowest BCUT2D eigenvalue weighted by molar-refractivity contribution is -0.133. The Kier molecular flexibility index (Phi) is 6.25. The standard InChI is InChI=1S/C17H23ClN2O2/c1-20(12-14-9-5-6-10-15(14)18)16(21)11-19-17(22)13-7-3-2-4-8-13/h5-6,9-10,13H,2-4,7-8,11-12H2,1H3,(H,19,22). The molecule has 22 heavy (non-hydrogen) atoms. The average Bonchev–Trinajstić information content (AvgIpc) is 2.55. The van der Waals surface area contributed by atoms with E-state index in [4.69, 9.17) is 11.6 Å². The van der Waals surface area contributed by atoms with Crippen molar-refractivity contribution in [1.29, 1.82) is 0 Å². The molecule has 1 saturated carbocycles. The largest absolute Gasteiger partial charge is 0.347 e. The monoisotopic (exact) mass is 322 g/mol. The first-order valence-corrected chi connectivity index (χ1v) is 8.21. The second-order valence-corrected chi connectivity index (χ2v) is 6.30. The highest BCUT2D eigenvalue weighted by Gasteiger charge is 2.21. The van der Waals surface area contributed by atoms with Crippen LogP contribution in [0.15, 0.2) is 24.3 Å². The molecule has 0 bridgehead atoms. The minimum absolute atomic E-state index is 0.0131. The van der Waals surface area contributed by atoms with Crippen LogP contribution in [-0.4, -0.2) is 30.3 Å². The molecule has 0 aliphatic heterocycles. The molecular formula is C17H23ClN2O2. The van der Waals surface area contributed by atoms with Gasteiger partial charge in [0, 0.05) is 24.5 Å². The second-order valence-electron chi connectivity index (χ2n) is 5.89. The Bertz CT molecular complexity index is 527. The Hall–Kier alpha value is -1.55. The van der Waals surface area contributed by atoms with Gasteiger partial charge in [0.2, 0.25) is 11.8 Å². The van der Waals surface area contributed by atoms with Gasteiger partial charge in [-0.05, 0) is 24.5 Å². The summed E-state index contributed by atoms with van der Waals surface area (Å²) in [6.07, 6.45) is 5.31. The molecule has 1 N–H and O–H groups in total. The third-order valence-electron chi connectivity index (χ3n) is 4.18. The van der Waals surface area contributed by atoms with Gasteiger partial charge >= 0.3 is 0 Å². The van der Waals surface area contributed by atoms with Crippen LogP contribution in [0.1, 0.15) is 37.7 Å². The van der Waals surface area contributed by atoms with Gasteiger partial charge in [0.1, 0.15) is 0 Å². The van der Waals surface area contributed by atoms with Gasteiger partial charge in [0.25, 0.3) is 0 Å². The summed E-state index contributed by atoms with van der Waals surface area (Å²) in [5.74, 6) is -0.0151. The highest BCUT2D eigenvalue weighted by Crippen LogP contribution is 2.23. The molecular weight excluding hydrogens is 300 g/mol. The number of hydrogen-bond donors (Lipinski definition) is 1. The maximum Gasteiger partial charge on any atom is 0.242 e. The molecule has 0 spiro atoms. The predicted molar refractivity (Wildman–Crippen MR) is 87.5 cm³/mol. The quantitative estimate of drug-likeness (QED) is 0.906. The van der Waals surface area contributed by atoms with Gasteiger partial charge in [-0.3, -0.25) is 9.59 Å². The lowest BCUT2D eigenvalue weighted by Crippen LogP contribution is -2.40. The number of rotatable bonds is 5. The van der Waals surface area contributed by atoms with Gasteiger partial charge in [-0.1, -0.05) is 49.1 Å². The Morgan fingerprint density at radius 2 is 1.91 bits per heavy atom. The normalized spacial score (nSPS) is 15.4. The SMILES string of the molecule is CN(Cc1ccccc1Cl)C(=O)CNC(=O)C1CCCCC1. The van der Waals surface area contributed by atoms with Gasteiger partial charge in [-0.25, -0.2) is 0 Å². The van der Waals surface area contributed by atoms with Crippen molar-refractivity contribution in [1.82, 2.24) is 10.2 Å². The molecule has 4 nitrogen and oxygen atoms in total. The summed E-state index contributed by atoms with van der Waals surface area (Å²) in [5, 5.41) is 3.42. The van der Waals surface area contributed by atoms with Crippen LogP contribution in [0, 0.1) is 5.92 Å². The molecule has 0 aromatic heterocycles. The smallest absolute Gasteiger partial charge is 0.242 e. The van der Waals surface area contributed by atoms with E-state index in [1.807, 2.05) is 18.2 Å². The number of likely N-dealkylation sites (N-methyl/N-ethyl adjacent to an activating group) is 1. The highest BCUT2D eigenvalue weighted by molar-refractivity contribution is 6.31. The van der Waals surface area contributed by atoms with E-state index in [1.165, 1.54) is 6.42 Å². The number of carbonyl (C=O) groups is 2. The van der Waals surface area contributed by atoms with Crippen LogP contribution in [0.3, 0.4) is 0 Å². The molecule has 120 valence electrons. The number of amides is 2. The topological polar surface area (TPSA) is 49.4 Å². The van der Waals surface area contributed by atoms with Crippen molar-refractivity contribution < 1.29 is 9.59 Å². The second kappa shape index (κ2) is 8.18. The molecule has 0 heterocycles. The average molecular weight is 323 g/mol. The summed E-state index contributed by atoms with van der Waals surface area (Å²) in [6.45, 7) is 0.494. The maximum absolute atomic E-state index is 12.1. The summed E-state index contributed by atoms with van der Waals surface area (Å²) in [6, 6.07) is 7.45. The third kappa shape index (κ3) is 4.73. The van der Waals surface area contributed by atoms with Crippen molar-refractivity contribution >= 4 is 23.4 Å². The lowest BCUT2D eigenvalue weighted by Gasteiger charge is -2.22. The van der Waals surface area contributed by atoms with E-state index in [1.54, 1.807) is 18.0 Å². The third-order valence-corrected chi connectivity index (χ3v) is 4.55. The van der Waals surface area contributed by atoms with E-state index >= 15 is 0 Å². The molecule has 0 unspecified atom stereocenters. The zero-order chi connectivity index (χ0) is 15.9. The van der Waals surface area contributed by atoms with Crippen molar-refractivity contribution in [3.8, 4) is 0 Å². The van der Waals surface area contributed by atoms with Crippen molar-refractivity contribution in [3.63, 3.8) is 0 Å². The van der Waals surface area contributed by atoms with E-state index in [9.17, 15) is 9.59 Å². The number of carbonyl (C=O) groups excluding carboxylic acids is 2. The number of halogens is 1. The van der Waals surface area contributed by atoms with Gasteiger partial charge in [0.15, 0.2) is 0 Å². The fraction of sp³-hybridized carbons (Fsp3) is 0.529. The summed E-state index contributed by atoms with van der Waals surface area (Å²) in [5.41, 5.74) is 0.902. The molecule has 2 rings (SSSR count). The Balaban J connectivity index is 1.79. The fourth-order valence-electron chi connectivity index (χ4n) is 2.78. The number of benzene rings is 1. The Morgan fingerprint density at radius 1 is 1.23 bits per heavy atom. The molecule has 0 radical (unpaired) electrons. The van der Waals surface area contributed by atoms with Gasteiger partial charge in [-0.15, -0.1) is 0 Å². The fourth-order valence-corrected chi connectivity index (χ4v) is 2.97. The van der Waals surface area contributed by atoms with Crippen LogP contribution in [0.4, 0.5) is 0 Å². The number of hydrogen-bond acceptors (Lipinski definition) is 2. The van der Waals surface area contributed by atoms with E-state index in [0.717, 1.165) is 31.2 Å². The Morgan fingerprint density at radius 3 is 2.59 bits per heavy atom. The number of nitrogens with zero attached hydrogens (tertiary/aromatic N) is 1. The summed E-state index contributed by atoms with van der Waals surface area (Å²) >= 11 is 6.09. The van der Waals surface area contributed by atoms with E-state index in [2.05, 4.69) is 5.32 Å². The molecule has 1 aromatic carbocycles. The van der Waals surface area contributed by atoms with E-state index in [-0.39, 0.29) is 24.3 Å². The van der Waals surface area contributed by atoms with Gasteiger partial charge in [-0.2, -0.15) is 0 Å². The van der Waals surface area contributed by atoms with Crippen LogP contribution in [0.5, 0.6) is 0 Å². The summed E-state index contributed by atoms with van der Waals surface area (Å²) < 4.78 is 0. The summed E-state index contributed by atoms with van der Waals surface area (Å²) in [7, 11) is 1.72. The highest BCUT2D eigenvalue weighted by atomic mass is 35.5. The molecule has 0 saturated heterocycles. The van der Waals surface area contributed by atoms with Crippen molar-refractivity contribution in [3.05, 3.63) is 34.9 Å². The van der Waals surface area contributed by atoms with E-state index in [0.29, 0.717) is 11.6 Å². The number of nitrogens with one attached hydrogen (secondary N) is 1. The molecule has 1 fully saturated rings. The van der Waals surface area contributed by atoms with Gasteiger partial charge < -0.3 is 10.2 Å². The first-order chi connectivity index (χ1) is 10.6. The molecule has 0 atom stereocenters. The predicted octanol–water partition coefficient (Wildman–Crippen LogP) is 2.99. The first-order valence-electron chi connectivity index (χ1n) is 7.83. The Labute approximate surface area is 136 Å². The van der Waals surface area contributed by atoms with Crippen LogP contribution in [-0.2, 0) is 16.1 Å². The van der Waals surface area contributed by atoms with Crippen molar-refractivity contribution in [2.24, 2.45) is 5.92 Å². The van der Waals surface area contributed by atoms with Crippen LogP contribution < -0.4 is 5.32 Å². The van der Waals surface area contributed by atoms with Crippen molar-refractivity contribution in [2.45, 2.75) is 38.6 Å². The molecule has 1 aliphatic carbocycles. The van der Waals surface area contributed by atoms with E-state index < -0.39 is 0 Å². The first kappa shape index (κ1) is 16.8. The lowest BCUT2D eigenvalue weighted by atomic mass is 9.89. The summed E-state index contributed by atoms with van der Waals surface area (Å²) in [4.78, 5) is 25.7. The molecule has 1 aromatic rings. The molecule has 5 heteroatoms. The van der Waals surface area contributed by atoms with Crippen LogP contribution in [0.2, 0.25) is 5.02 Å².